The van der Waals surface area contributed by atoms with E-state index in [-0.39, 0.29) is 0 Å². The van der Waals surface area contributed by atoms with Crippen LogP contribution >= 0.6 is 0 Å². The van der Waals surface area contributed by atoms with Crippen molar-refractivity contribution in [2.24, 2.45) is 5.73 Å². The summed E-state index contributed by atoms with van der Waals surface area (Å²) < 4.78 is 1.64. The number of aromatic nitrogens is 2. The summed E-state index contributed by atoms with van der Waals surface area (Å²) in [5, 5.41) is 6.81. The molecule has 3 N–H and O–H groups in total. The summed E-state index contributed by atoms with van der Waals surface area (Å²) in [6, 6.07) is 10.7. The van der Waals surface area contributed by atoms with E-state index in [1.807, 2.05) is 37.3 Å². The van der Waals surface area contributed by atoms with E-state index in [1.54, 1.807) is 10.7 Å². The van der Waals surface area contributed by atoms with Crippen LogP contribution in [0.3, 0.4) is 0 Å². The Balaban J connectivity index is 2.44. The molecule has 0 atom stereocenters. The van der Waals surface area contributed by atoms with Gasteiger partial charge >= 0.3 is 6.03 Å². The second-order valence-corrected chi connectivity index (χ2v) is 3.41. The molecule has 0 bridgehead atoms. The zero-order valence-electron chi connectivity index (χ0n) is 8.84. The predicted molar refractivity (Wildman–Crippen MR) is 61.5 cm³/mol. The average molecular weight is 216 g/mol. The molecule has 5 heteroatoms. The van der Waals surface area contributed by atoms with E-state index in [9.17, 15) is 4.79 Å². The highest BCUT2D eigenvalue weighted by Gasteiger charge is 2.08. The molecule has 0 spiro atoms. The number of carbonyl (C=O) groups excluding carboxylic acids is 1. The highest BCUT2D eigenvalue weighted by atomic mass is 16.2. The zero-order chi connectivity index (χ0) is 11.5. The van der Waals surface area contributed by atoms with Crippen LogP contribution in [0.1, 0.15) is 5.69 Å². The van der Waals surface area contributed by atoms with Crippen LogP contribution in [0.5, 0.6) is 0 Å². The summed E-state index contributed by atoms with van der Waals surface area (Å²) >= 11 is 0. The minimum absolute atomic E-state index is 0.566. The Morgan fingerprint density at radius 1 is 1.38 bits per heavy atom. The van der Waals surface area contributed by atoms with Gasteiger partial charge in [-0.25, -0.2) is 9.48 Å². The number of rotatable bonds is 2. The Morgan fingerprint density at radius 2 is 2.06 bits per heavy atom. The van der Waals surface area contributed by atoms with E-state index in [0.29, 0.717) is 5.82 Å². The number of nitrogens with one attached hydrogen (secondary N) is 1. The van der Waals surface area contributed by atoms with Gasteiger partial charge in [0.05, 0.1) is 11.4 Å². The van der Waals surface area contributed by atoms with E-state index in [4.69, 9.17) is 5.73 Å². The molecule has 0 aliphatic heterocycles. The van der Waals surface area contributed by atoms with Crippen molar-refractivity contribution in [3.05, 3.63) is 42.1 Å². The maximum Gasteiger partial charge on any atom is 0.317 e. The van der Waals surface area contributed by atoms with Gasteiger partial charge in [0.2, 0.25) is 0 Å². The lowest BCUT2D eigenvalue weighted by Crippen LogP contribution is -2.21. The second kappa shape index (κ2) is 4.06. The topological polar surface area (TPSA) is 72.9 Å². The molecule has 0 aliphatic carbocycles. The first-order valence-electron chi connectivity index (χ1n) is 4.85. The summed E-state index contributed by atoms with van der Waals surface area (Å²) in [5.41, 5.74) is 6.78. The molecule has 16 heavy (non-hydrogen) atoms. The monoisotopic (exact) mass is 216 g/mol. The molecule has 82 valence electrons. The molecule has 1 aromatic heterocycles. The fourth-order valence-corrected chi connectivity index (χ4v) is 1.48. The summed E-state index contributed by atoms with van der Waals surface area (Å²) in [6.45, 7) is 1.85. The Morgan fingerprint density at radius 3 is 2.69 bits per heavy atom. The highest BCUT2D eigenvalue weighted by molar-refractivity contribution is 5.87. The number of para-hydroxylation sites is 1. The lowest BCUT2D eigenvalue weighted by molar-refractivity contribution is 0.259. The van der Waals surface area contributed by atoms with Crippen LogP contribution < -0.4 is 11.1 Å². The number of amides is 2. The van der Waals surface area contributed by atoms with Crippen molar-refractivity contribution in [2.75, 3.05) is 5.32 Å². The van der Waals surface area contributed by atoms with Crippen LogP contribution in [0.15, 0.2) is 36.4 Å². The molecular formula is C11H12N4O. The van der Waals surface area contributed by atoms with Gasteiger partial charge in [0, 0.05) is 6.07 Å². The number of anilines is 1. The average Bonchev–Trinajstić information content (AvgIpc) is 2.60. The maximum atomic E-state index is 10.8. The first kappa shape index (κ1) is 10.2. The number of nitrogens with zero attached hydrogens (tertiary/aromatic N) is 2. The molecule has 0 saturated carbocycles. The fraction of sp³-hybridized carbons (Fsp3) is 0.0909. The van der Waals surface area contributed by atoms with Gasteiger partial charge in [0.25, 0.3) is 0 Å². The smallest absolute Gasteiger partial charge is 0.317 e. The number of aryl methyl sites for hydroxylation is 1. The van der Waals surface area contributed by atoms with Crippen molar-refractivity contribution in [2.45, 2.75) is 6.92 Å². The normalized spacial score (nSPS) is 10.1. The molecule has 1 heterocycles. The summed E-state index contributed by atoms with van der Waals surface area (Å²) in [7, 11) is 0. The van der Waals surface area contributed by atoms with Crippen LogP contribution in [0.4, 0.5) is 10.6 Å². The number of nitrogens with two attached hydrogens (primary N) is 1. The third-order valence-corrected chi connectivity index (χ3v) is 2.08. The minimum atomic E-state index is -0.600. The number of primary amides is 1. The summed E-state index contributed by atoms with van der Waals surface area (Å²) in [6.07, 6.45) is 0. The van der Waals surface area contributed by atoms with Gasteiger partial charge in [-0.2, -0.15) is 5.10 Å². The number of hydrogen-bond donors (Lipinski definition) is 2. The summed E-state index contributed by atoms with van der Waals surface area (Å²) in [5.74, 6) is 0.566. The van der Waals surface area contributed by atoms with Crippen molar-refractivity contribution in [1.82, 2.24) is 9.78 Å². The second-order valence-electron chi connectivity index (χ2n) is 3.41. The Hall–Kier alpha value is -2.30. The first-order chi connectivity index (χ1) is 7.66. The fourth-order valence-electron chi connectivity index (χ4n) is 1.48. The van der Waals surface area contributed by atoms with Gasteiger partial charge < -0.3 is 5.73 Å². The van der Waals surface area contributed by atoms with E-state index < -0.39 is 6.03 Å². The van der Waals surface area contributed by atoms with Crippen LogP contribution in [0.25, 0.3) is 5.69 Å². The van der Waals surface area contributed by atoms with Crippen LogP contribution in [-0.2, 0) is 0 Å². The molecule has 0 unspecified atom stereocenters. The third-order valence-electron chi connectivity index (χ3n) is 2.08. The Labute approximate surface area is 92.9 Å². The van der Waals surface area contributed by atoms with Gasteiger partial charge in [-0.1, -0.05) is 18.2 Å². The van der Waals surface area contributed by atoms with Gasteiger partial charge in [-0.15, -0.1) is 0 Å². The van der Waals surface area contributed by atoms with Crippen LogP contribution in [0.2, 0.25) is 0 Å². The largest absolute Gasteiger partial charge is 0.351 e. The van der Waals surface area contributed by atoms with Gasteiger partial charge in [0.1, 0.15) is 5.82 Å². The van der Waals surface area contributed by atoms with Crippen molar-refractivity contribution < 1.29 is 4.79 Å². The maximum absolute atomic E-state index is 10.8. The predicted octanol–water partition coefficient (Wildman–Crippen LogP) is 1.67. The van der Waals surface area contributed by atoms with Gasteiger partial charge in [0.15, 0.2) is 0 Å². The van der Waals surface area contributed by atoms with Crippen molar-refractivity contribution in [3.63, 3.8) is 0 Å². The van der Waals surface area contributed by atoms with E-state index in [1.165, 1.54) is 0 Å². The quantitative estimate of drug-likeness (QED) is 0.801. The van der Waals surface area contributed by atoms with Crippen molar-refractivity contribution in [3.8, 4) is 5.69 Å². The minimum Gasteiger partial charge on any atom is -0.351 e. The highest BCUT2D eigenvalue weighted by Crippen LogP contribution is 2.16. The molecule has 0 radical (unpaired) electrons. The number of hydrogen-bond acceptors (Lipinski definition) is 2. The molecule has 2 rings (SSSR count). The van der Waals surface area contributed by atoms with Gasteiger partial charge in [-0.3, -0.25) is 5.32 Å². The van der Waals surface area contributed by atoms with Crippen molar-refractivity contribution >= 4 is 11.8 Å². The molecule has 0 fully saturated rings. The SMILES string of the molecule is Cc1cc(NC(N)=O)n(-c2ccccc2)n1. The molecule has 2 aromatic rings. The van der Waals surface area contributed by atoms with E-state index >= 15 is 0 Å². The van der Waals surface area contributed by atoms with Gasteiger partial charge in [-0.05, 0) is 19.1 Å². The van der Waals surface area contributed by atoms with E-state index in [2.05, 4.69) is 10.4 Å². The van der Waals surface area contributed by atoms with Crippen LogP contribution in [-0.4, -0.2) is 15.8 Å². The Bertz CT molecular complexity index is 504. The molecular weight excluding hydrogens is 204 g/mol. The first-order valence-corrected chi connectivity index (χ1v) is 4.85. The van der Waals surface area contributed by atoms with Crippen LogP contribution in [0, 0.1) is 6.92 Å². The van der Waals surface area contributed by atoms with Crippen molar-refractivity contribution in [1.29, 1.82) is 0 Å². The van der Waals surface area contributed by atoms with E-state index in [0.717, 1.165) is 11.4 Å². The summed E-state index contributed by atoms with van der Waals surface area (Å²) in [4.78, 5) is 10.8. The third kappa shape index (κ3) is 2.03. The Kier molecular flexibility index (Phi) is 2.59. The zero-order valence-corrected chi connectivity index (χ0v) is 8.84. The molecule has 5 nitrogen and oxygen atoms in total. The molecule has 1 aromatic carbocycles. The molecule has 0 saturated heterocycles. The number of benzene rings is 1. The number of carbonyl (C=O) groups is 1. The number of urea groups is 1. The molecule has 2 amide bonds. The standard InChI is InChI=1S/C11H12N4O/c1-8-7-10(13-11(12)16)15(14-8)9-5-3-2-4-6-9/h2-7H,1H3,(H3,12,13,16). The lowest BCUT2D eigenvalue weighted by atomic mass is 10.3. The lowest BCUT2D eigenvalue weighted by Gasteiger charge is -2.06. The molecule has 0 aliphatic rings.